The minimum absolute atomic E-state index is 0.00357. The lowest BCUT2D eigenvalue weighted by Crippen LogP contribution is -2.63. The summed E-state index contributed by atoms with van der Waals surface area (Å²) in [5.74, 6) is -9.31. The Morgan fingerprint density at radius 3 is 2.29 bits per heavy atom. The lowest BCUT2D eigenvalue weighted by molar-refractivity contribution is -0.148. The van der Waals surface area contributed by atoms with Gasteiger partial charge in [0.25, 0.3) is 5.91 Å². The van der Waals surface area contributed by atoms with Crippen LogP contribution in [0.4, 0.5) is 8.78 Å². The summed E-state index contributed by atoms with van der Waals surface area (Å²) in [6.45, 7) is 0. The summed E-state index contributed by atoms with van der Waals surface area (Å²) in [6, 6.07) is 4.33. The van der Waals surface area contributed by atoms with Gasteiger partial charge in [0.05, 0.1) is 11.6 Å². The van der Waals surface area contributed by atoms with Gasteiger partial charge in [0.1, 0.15) is 34.5 Å². The van der Waals surface area contributed by atoms with E-state index in [1.54, 1.807) is 0 Å². The molecule has 11 heteroatoms. The molecule has 198 valence electrons. The van der Waals surface area contributed by atoms with Crippen molar-refractivity contribution in [3.63, 3.8) is 0 Å². The van der Waals surface area contributed by atoms with Gasteiger partial charge in [-0.2, -0.15) is 0 Å². The predicted molar refractivity (Wildman–Crippen MR) is 129 cm³/mol. The molecule has 0 spiro atoms. The van der Waals surface area contributed by atoms with E-state index in [2.05, 4.69) is 0 Å². The number of carbonyl (C=O) groups is 3. The van der Waals surface area contributed by atoms with Gasteiger partial charge in [-0.3, -0.25) is 19.3 Å². The Bertz CT molecular complexity index is 1490. The average Bonchev–Trinajstić information content (AvgIpc) is 2.80. The number of fused-ring (bicyclic) bond motifs is 3. The molecule has 0 saturated carbocycles. The van der Waals surface area contributed by atoms with E-state index in [1.165, 1.54) is 31.1 Å². The molecular weight excluding hydrogens is 502 g/mol. The molecule has 3 aliphatic rings. The van der Waals surface area contributed by atoms with Crippen LogP contribution in [0.15, 0.2) is 53.0 Å². The number of halogens is 2. The van der Waals surface area contributed by atoms with Crippen molar-refractivity contribution in [3.8, 4) is 16.9 Å². The summed E-state index contributed by atoms with van der Waals surface area (Å²) in [4.78, 5) is 40.5. The first-order valence-electron chi connectivity index (χ1n) is 11.7. The van der Waals surface area contributed by atoms with Crippen LogP contribution in [0.3, 0.4) is 0 Å². The number of aromatic hydroxyl groups is 1. The van der Waals surface area contributed by atoms with Crippen molar-refractivity contribution in [1.29, 1.82) is 0 Å². The molecule has 38 heavy (non-hydrogen) atoms. The number of benzene rings is 2. The van der Waals surface area contributed by atoms with Gasteiger partial charge in [0, 0.05) is 17.6 Å². The summed E-state index contributed by atoms with van der Waals surface area (Å²) in [5.41, 5.74) is 1.80. The minimum atomic E-state index is -2.75. The quantitative estimate of drug-likeness (QED) is 0.380. The Hall–Kier alpha value is -4.09. The van der Waals surface area contributed by atoms with Crippen LogP contribution in [0.1, 0.15) is 22.3 Å². The number of hydrogen-bond donors (Lipinski definition) is 5. The minimum Gasteiger partial charge on any atom is -0.510 e. The third kappa shape index (κ3) is 3.38. The van der Waals surface area contributed by atoms with E-state index in [0.29, 0.717) is 6.07 Å². The van der Waals surface area contributed by atoms with Crippen LogP contribution in [-0.2, 0) is 16.0 Å². The molecule has 0 saturated heterocycles. The molecule has 3 aliphatic carbocycles. The van der Waals surface area contributed by atoms with Gasteiger partial charge in [0.15, 0.2) is 11.4 Å². The number of rotatable bonds is 3. The van der Waals surface area contributed by atoms with Crippen molar-refractivity contribution < 1.29 is 43.6 Å². The van der Waals surface area contributed by atoms with Gasteiger partial charge in [-0.15, -0.1) is 0 Å². The highest BCUT2D eigenvalue weighted by atomic mass is 19.1. The molecule has 0 radical (unpaired) electrons. The topological polar surface area (TPSA) is 161 Å². The molecule has 4 atom stereocenters. The smallest absolute Gasteiger partial charge is 0.255 e. The second kappa shape index (κ2) is 8.47. The van der Waals surface area contributed by atoms with Crippen LogP contribution in [0.5, 0.6) is 5.75 Å². The number of nitrogens with two attached hydrogens (primary N) is 1. The van der Waals surface area contributed by atoms with Crippen LogP contribution >= 0.6 is 0 Å². The van der Waals surface area contributed by atoms with E-state index in [0.717, 1.165) is 12.1 Å². The maximum atomic E-state index is 14.0. The third-order valence-corrected chi connectivity index (χ3v) is 7.78. The lowest BCUT2D eigenvalue weighted by Gasteiger charge is -2.50. The van der Waals surface area contributed by atoms with Gasteiger partial charge in [-0.1, -0.05) is 6.07 Å². The summed E-state index contributed by atoms with van der Waals surface area (Å²) in [5, 5.41) is 44.3. The maximum Gasteiger partial charge on any atom is 0.255 e. The lowest BCUT2D eigenvalue weighted by atomic mass is 9.58. The number of aliphatic hydroxyl groups excluding tert-OH is 2. The number of hydrogen-bond acceptors (Lipinski definition) is 8. The molecule has 0 unspecified atom stereocenters. The number of phenolic OH excluding ortho intramolecular Hbond substituents is 1. The van der Waals surface area contributed by atoms with Gasteiger partial charge >= 0.3 is 0 Å². The number of nitrogens with zero attached hydrogens (tertiary/aromatic N) is 1. The molecule has 5 rings (SSSR count). The Labute approximate surface area is 215 Å². The van der Waals surface area contributed by atoms with Crippen molar-refractivity contribution in [1.82, 2.24) is 4.90 Å². The predicted octanol–water partition coefficient (Wildman–Crippen LogP) is 2.07. The Morgan fingerprint density at radius 2 is 1.71 bits per heavy atom. The second-order valence-corrected chi connectivity index (χ2v) is 10.1. The molecule has 0 fully saturated rings. The Balaban J connectivity index is 1.73. The Kier molecular flexibility index (Phi) is 5.69. The van der Waals surface area contributed by atoms with Gasteiger partial charge in [0.2, 0.25) is 5.78 Å². The van der Waals surface area contributed by atoms with E-state index in [4.69, 9.17) is 5.73 Å². The van der Waals surface area contributed by atoms with E-state index in [-0.39, 0.29) is 40.7 Å². The van der Waals surface area contributed by atoms with Crippen molar-refractivity contribution in [3.05, 3.63) is 75.8 Å². The fourth-order valence-corrected chi connectivity index (χ4v) is 6.23. The van der Waals surface area contributed by atoms with Crippen LogP contribution in [0.25, 0.3) is 11.1 Å². The molecule has 0 aromatic heterocycles. The Morgan fingerprint density at radius 1 is 1.08 bits per heavy atom. The van der Waals surface area contributed by atoms with Crippen LogP contribution < -0.4 is 5.73 Å². The number of carbonyl (C=O) groups excluding carboxylic acids is 3. The zero-order valence-corrected chi connectivity index (χ0v) is 20.3. The second-order valence-electron chi connectivity index (χ2n) is 10.1. The summed E-state index contributed by atoms with van der Waals surface area (Å²) >= 11 is 0. The standard InChI is InChI=1S/C27H24F2N2O7/c1-31(2)21-16-8-11-7-15-14(10-5-12(28)9-13(29)6-10)3-4-17(32)19(15)22(33)18(11)24(35)27(16,38)25(36)20(23(21)34)26(30)37/h3-6,9,11,16,21,32,34-35,38H,7-8H2,1-2H3,(H2,30,37)/t11-,16-,21-,27-/m0/s1. The van der Waals surface area contributed by atoms with Crippen LogP contribution in [0, 0.1) is 23.5 Å². The number of allylic oxidation sites excluding steroid dienone is 1. The molecule has 1 amide bonds. The fraction of sp³-hybridized carbons (Fsp3) is 0.296. The van der Waals surface area contributed by atoms with E-state index in [9.17, 15) is 43.6 Å². The van der Waals surface area contributed by atoms with Crippen molar-refractivity contribution in [2.75, 3.05) is 14.1 Å². The maximum absolute atomic E-state index is 14.0. The largest absolute Gasteiger partial charge is 0.510 e. The highest BCUT2D eigenvalue weighted by Gasteiger charge is 2.63. The van der Waals surface area contributed by atoms with Crippen LogP contribution in [0.2, 0.25) is 0 Å². The molecule has 0 heterocycles. The molecular formula is C27H24F2N2O7. The highest BCUT2D eigenvalue weighted by Crippen LogP contribution is 2.53. The summed E-state index contributed by atoms with van der Waals surface area (Å²) < 4.78 is 28.0. The molecule has 6 N–H and O–H groups in total. The molecule has 9 nitrogen and oxygen atoms in total. The first kappa shape index (κ1) is 25.6. The highest BCUT2D eigenvalue weighted by molar-refractivity contribution is 6.24. The zero-order valence-electron chi connectivity index (χ0n) is 20.3. The monoisotopic (exact) mass is 526 g/mol. The average molecular weight is 526 g/mol. The van der Waals surface area contributed by atoms with E-state index >= 15 is 0 Å². The number of Topliss-reactive ketones (excluding diaryl/α,β-unsaturated/α-hetero) is 2. The van der Waals surface area contributed by atoms with Gasteiger partial charge < -0.3 is 26.2 Å². The summed E-state index contributed by atoms with van der Waals surface area (Å²) in [6.07, 6.45) is -0.102. The van der Waals surface area contributed by atoms with E-state index in [1.807, 2.05) is 0 Å². The van der Waals surface area contributed by atoms with Gasteiger partial charge in [-0.25, -0.2) is 8.78 Å². The number of ketones is 2. The molecule has 2 aromatic rings. The number of aliphatic hydroxyl groups is 3. The van der Waals surface area contributed by atoms with Crippen molar-refractivity contribution in [2.45, 2.75) is 24.5 Å². The van der Waals surface area contributed by atoms with Crippen LogP contribution in [-0.4, -0.2) is 68.5 Å². The van der Waals surface area contributed by atoms with E-state index < -0.39 is 75.4 Å². The van der Waals surface area contributed by atoms with Crippen molar-refractivity contribution >= 4 is 17.5 Å². The normalized spacial score (nSPS) is 26.8. The first-order chi connectivity index (χ1) is 17.8. The molecule has 0 bridgehead atoms. The number of primary amides is 1. The molecule has 2 aromatic carbocycles. The fourth-order valence-electron chi connectivity index (χ4n) is 6.23. The number of phenols is 1. The van der Waals surface area contributed by atoms with Crippen molar-refractivity contribution in [2.24, 2.45) is 17.6 Å². The summed E-state index contributed by atoms with van der Waals surface area (Å²) in [7, 11) is 3.06. The third-order valence-electron chi connectivity index (χ3n) is 7.78. The SMILES string of the molecule is CN(C)[C@@H]1C(O)=C(C(N)=O)C(=O)[C@@]2(O)C(O)=C3C(=O)c4c(O)ccc(-c5cc(F)cc(F)c5)c4C[C@H]3C[C@@H]12. The molecule has 0 aliphatic heterocycles. The zero-order chi connectivity index (χ0) is 27.8. The number of likely N-dealkylation sites (N-methyl/N-ethyl adjacent to an activating group) is 1. The van der Waals surface area contributed by atoms with Gasteiger partial charge in [-0.05, 0) is 67.7 Å². The number of amides is 1. The first-order valence-corrected chi connectivity index (χ1v) is 11.7.